The number of carbonyl (C=O) groups is 1. The fraction of sp³-hybridized carbons (Fsp3) is 0.214. The Morgan fingerprint density at radius 2 is 1.63 bits per heavy atom. The molecule has 5 aromatic rings. The summed E-state index contributed by atoms with van der Waals surface area (Å²) in [6.07, 6.45) is -1.50. The predicted octanol–water partition coefficient (Wildman–Crippen LogP) is 5.24. The number of carbonyl (C=O) groups excluding carboxylic acids is 1. The van der Waals surface area contributed by atoms with Crippen molar-refractivity contribution in [1.82, 2.24) is 24.8 Å². The molecule has 7 nitrogen and oxygen atoms in total. The molecule has 1 fully saturated rings. The van der Waals surface area contributed by atoms with Gasteiger partial charge in [0.25, 0.3) is 5.78 Å². The van der Waals surface area contributed by atoms with Crippen molar-refractivity contribution in [3.8, 4) is 11.4 Å². The Morgan fingerprint density at radius 1 is 0.895 bits per heavy atom. The van der Waals surface area contributed by atoms with Crippen molar-refractivity contribution >= 4 is 33.5 Å². The van der Waals surface area contributed by atoms with Crippen LogP contribution in [0.3, 0.4) is 0 Å². The largest absolute Gasteiger partial charge is 0.454 e. The number of H-pyrrole nitrogens is 1. The number of piperazine rings is 1. The molecule has 3 aromatic carbocycles. The molecule has 0 saturated carbocycles. The fourth-order valence-electron chi connectivity index (χ4n) is 4.86. The molecule has 192 valence electrons. The van der Waals surface area contributed by atoms with Crippen molar-refractivity contribution in [2.45, 2.75) is 12.7 Å². The van der Waals surface area contributed by atoms with E-state index >= 15 is 0 Å². The van der Waals surface area contributed by atoms with Gasteiger partial charge in [-0.1, -0.05) is 36.4 Å². The van der Waals surface area contributed by atoms with Crippen LogP contribution in [0.4, 0.5) is 18.9 Å². The van der Waals surface area contributed by atoms with Crippen LogP contribution in [0.15, 0.2) is 73.1 Å². The highest BCUT2D eigenvalue weighted by atomic mass is 19.4. The lowest BCUT2D eigenvalue weighted by atomic mass is 10.1. The maximum absolute atomic E-state index is 12.7. The second-order valence-electron chi connectivity index (χ2n) is 9.31. The standard InChI is InChI=1S/C28H23F3N6O/c29-28(30,31)26(38)19-5-7-20(8-6-19)27-34-22-2-1-3-24(25(22)35-27)37-14-12-36(13-15-37)17-18-4-9-21-23(16-18)33-11-10-32-21/h1-11,16H,12-15,17H2,(H,34,35). The monoisotopic (exact) mass is 516 g/mol. The first-order valence-corrected chi connectivity index (χ1v) is 12.2. The molecular weight excluding hydrogens is 493 g/mol. The van der Waals surface area contributed by atoms with Gasteiger partial charge in [0, 0.05) is 56.2 Å². The molecule has 6 rings (SSSR count). The molecule has 0 atom stereocenters. The van der Waals surface area contributed by atoms with E-state index in [0.717, 1.165) is 60.5 Å². The van der Waals surface area contributed by atoms with Gasteiger partial charge in [-0.3, -0.25) is 19.7 Å². The highest BCUT2D eigenvalue weighted by Gasteiger charge is 2.39. The smallest absolute Gasteiger partial charge is 0.367 e. The van der Waals surface area contributed by atoms with Gasteiger partial charge in [0.15, 0.2) is 0 Å². The summed E-state index contributed by atoms with van der Waals surface area (Å²) in [5.41, 5.74) is 5.85. The second-order valence-corrected chi connectivity index (χ2v) is 9.31. The van der Waals surface area contributed by atoms with Gasteiger partial charge < -0.3 is 9.88 Å². The number of hydrogen-bond donors (Lipinski definition) is 1. The predicted molar refractivity (Wildman–Crippen MR) is 139 cm³/mol. The zero-order valence-electron chi connectivity index (χ0n) is 20.2. The van der Waals surface area contributed by atoms with Crippen molar-refractivity contribution in [3.63, 3.8) is 0 Å². The van der Waals surface area contributed by atoms with Crippen molar-refractivity contribution in [3.05, 3.63) is 84.2 Å². The van der Waals surface area contributed by atoms with E-state index in [0.29, 0.717) is 11.4 Å². The Kier molecular flexibility index (Phi) is 6.03. The minimum Gasteiger partial charge on any atom is -0.367 e. The molecule has 0 unspecified atom stereocenters. The van der Waals surface area contributed by atoms with Gasteiger partial charge in [0.2, 0.25) is 0 Å². The van der Waals surface area contributed by atoms with Crippen molar-refractivity contribution in [2.75, 3.05) is 31.1 Å². The van der Waals surface area contributed by atoms with Gasteiger partial charge in [-0.15, -0.1) is 0 Å². The Balaban J connectivity index is 1.16. The van der Waals surface area contributed by atoms with Crippen LogP contribution in [-0.4, -0.2) is 63.0 Å². The van der Waals surface area contributed by atoms with E-state index in [2.05, 4.69) is 36.9 Å². The molecule has 0 aliphatic carbocycles. The van der Waals surface area contributed by atoms with E-state index < -0.39 is 17.5 Å². The van der Waals surface area contributed by atoms with Crippen molar-refractivity contribution < 1.29 is 18.0 Å². The number of anilines is 1. The van der Waals surface area contributed by atoms with Crippen LogP contribution in [0.5, 0.6) is 0 Å². The Morgan fingerprint density at radius 3 is 2.37 bits per heavy atom. The second kappa shape index (κ2) is 9.53. The van der Waals surface area contributed by atoms with Gasteiger partial charge in [0.05, 0.1) is 22.2 Å². The minimum absolute atomic E-state index is 0.396. The van der Waals surface area contributed by atoms with E-state index in [1.165, 1.54) is 29.8 Å². The third kappa shape index (κ3) is 4.70. The number of Topliss-reactive ketones (excluding diaryl/α,β-unsaturated/α-hetero) is 1. The van der Waals surface area contributed by atoms with Gasteiger partial charge >= 0.3 is 6.18 Å². The molecule has 1 saturated heterocycles. The van der Waals surface area contributed by atoms with Crippen LogP contribution in [0.1, 0.15) is 15.9 Å². The first kappa shape index (κ1) is 24.1. The van der Waals surface area contributed by atoms with Crippen LogP contribution >= 0.6 is 0 Å². The molecule has 0 amide bonds. The number of aromatic nitrogens is 4. The van der Waals surface area contributed by atoms with Crippen molar-refractivity contribution in [2.24, 2.45) is 0 Å². The first-order chi connectivity index (χ1) is 18.3. The fourth-order valence-corrected chi connectivity index (χ4v) is 4.86. The number of rotatable bonds is 5. The van der Waals surface area contributed by atoms with Crippen LogP contribution in [0, 0.1) is 0 Å². The van der Waals surface area contributed by atoms with Crippen LogP contribution in [0.2, 0.25) is 0 Å². The van der Waals surface area contributed by atoms with Crippen molar-refractivity contribution in [1.29, 1.82) is 0 Å². The number of alkyl halides is 3. The number of halogens is 3. The van der Waals surface area contributed by atoms with Crippen LogP contribution in [-0.2, 0) is 6.54 Å². The summed E-state index contributed by atoms with van der Waals surface area (Å²) >= 11 is 0. The Hall–Kier alpha value is -4.31. The SMILES string of the molecule is O=C(c1ccc(-c2nc3c(N4CCN(Cc5ccc6nccnc6c5)CC4)cccc3[nH]2)cc1)C(F)(F)F. The maximum atomic E-state index is 12.7. The Bertz CT molecular complexity index is 1620. The number of imidazole rings is 1. The summed E-state index contributed by atoms with van der Waals surface area (Å²) in [6, 6.07) is 17.4. The summed E-state index contributed by atoms with van der Waals surface area (Å²) in [7, 11) is 0. The zero-order chi connectivity index (χ0) is 26.3. The van der Waals surface area contributed by atoms with Gasteiger partial charge in [-0.25, -0.2) is 4.98 Å². The first-order valence-electron chi connectivity index (χ1n) is 12.2. The minimum atomic E-state index is -4.90. The lowest BCUT2D eigenvalue weighted by Crippen LogP contribution is -2.46. The molecular formula is C28H23F3N6O. The van der Waals surface area contributed by atoms with Crippen LogP contribution < -0.4 is 4.90 Å². The number of nitrogens with one attached hydrogen (secondary N) is 1. The lowest BCUT2D eigenvalue weighted by Gasteiger charge is -2.36. The van der Waals surface area contributed by atoms with E-state index in [9.17, 15) is 18.0 Å². The molecule has 0 bridgehead atoms. The Labute approximate surface area is 216 Å². The number of aromatic amines is 1. The number of ketones is 1. The molecule has 1 aliphatic heterocycles. The number of nitrogens with zero attached hydrogens (tertiary/aromatic N) is 5. The summed E-state index contributed by atoms with van der Waals surface area (Å²) in [4.78, 5) is 33.0. The highest BCUT2D eigenvalue weighted by Crippen LogP contribution is 2.30. The number of benzene rings is 3. The third-order valence-corrected chi connectivity index (χ3v) is 6.82. The molecule has 2 aromatic heterocycles. The van der Waals surface area contributed by atoms with Gasteiger partial charge in [0.1, 0.15) is 11.3 Å². The van der Waals surface area contributed by atoms with E-state index in [1.807, 2.05) is 24.3 Å². The molecule has 0 radical (unpaired) electrons. The number of hydrogen-bond acceptors (Lipinski definition) is 6. The summed E-state index contributed by atoms with van der Waals surface area (Å²) in [5, 5.41) is 0. The zero-order valence-corrected chi connectivity index (χ0v) is 20.2. The molecule has 3 heterocycles. The third-order valence-electron chi connectivity index (χ3n) is 6.82. The quantitative estimate of drug-likeness (QED) is 0.322. The molecule has 10 heteroatoms. The summed E-state index contributed by atoms with van der Waals surface area (Å²) in [5.74, 6) is -1.32. The molecule has 38 heavy (non-hydrogen) atoms. The van der Waals surface area contributed by atoms with E-state index in [-0.39, 0.29) is 0 Å². The average molecular weight is 517 g/mol. The van der Waals surface area contributed by atoms with Gasteiger partial charge in [-0.05, 0) is 29.8 Å². The number of para-hydroxylation sites is 1. The normalized spacial score (nSPS) is 14.9. The van der Waals surface area contributed by atoms with Crippen LogP contribution in [0.25, 0.3) is 33.5 Å². The van der Waals surface area contributed by atoms with E-state index in [4.69, 9.17) is 4.98 Å². The van der Waals surface area contributed by atoms with Gasteiger partial charge in [-0.2, -0.15) is 13.2 Å². The average Bonchev–Trinajstić information content (AvgIpc) is 3.37. The number of fused-ring (bicyclic) bond motifs is 2. The molecule has 1 aliphatic rings. The maximum Gasteiger partial charge on any atom is 0.454 e. The summed E-state index contributed by atoms with van der Waals surface area (Å²) in [6.45, 7) is 4.29. The summed E-state index contributed by atoms with van der Waals surface area (Å²) < 4.78 is 38.2. The topological polar surface area (TPSA) is 78.0 Å². The molecule has 0 spiro atoms. The molecule has 1 N–H and O–H groups in total. The lowest BCUT2D eigenvalue weighted by molar-refractivity contribution is -0.0885. The highest BCUT2D eigenvalue weighted by molar-refractivity contribution is 6.00. The van der Waals surface area contributed by atoms with E-state index in [1.54, 1.807) is 12.4 Å².